The maximum absolute atomic E-state index is 11.4. The van der Waals surface area contributed by atoms with E-state index in [1.807, 2.05) is 26.0 Å². The number of hydrogen-bond acceptors (Lipinski definition) is 4. The third kappa shape index (κ3) is 4.91. The zero-order valence-corrected chi connectivity index (χ0v) is 12.2. The molecule has 0 aromatic heterocycles. The quantitative estimate of drug-likeness (QED) is 0.767. The Morgan fingerprint density at radius 3 is 2.68 bits per heavy atom. The van der Waals surface area contributed by atoms with Crippen LogP contribution in [0.25, 0.3) is 0 Å². The molecule has 1 rings (SSSR count). The van der Waals surface area contributed by atoms with Gasteiger partial charge in [0.15, 0.2) is 0 Å². The number of esters is 1. The molecule has 1 unspecified atom stereocenters. The molecule has 1 aromatic carbocycles. The zero-order valence-electron chi connectivity index (χ0n) is 12.2. The van der Waals surface area contributed by atoms with Gasteiger partial charge in [0.2, 0.25) is 0 Å². The molecule has 0 saturated heterocycles. The van der Waals surface area contributed by atoms with E-state index < -0.39 is 0 Å². The Hall–Kier alpha value is -1.55. The number of likely N-dealkylation sites (N-methyl/N-ethyl adjacent to an activating group) is 1. The molecule has 106 valence electrons. The molecule has 1 aromatic rings. The van der Waals surface area contributed by atoms with E-state index in [1.165, 1.54) is 12.7 Å². The van der Waals surface area contributed by atoms with Crippen molar-refractivity contribution in [2.24, 2.45) is 0 Å². The molecule has 0 bridgehead atoms. The van der Waals surface area contributed by atoms with Gasteiger partial charge in [-0.2, -0.15) is 0 Å². The topological polar surface area (TPSA) is 47.6 Å². The van der Waals surface area contributed by atoms with Crippen molar-refractivity contribution in [3.8, 4) is 5.75 Å². The maximum Gasteiger partial charge on any atom is 0.307 e. The number of ether oxygens (including phenoxy) is 2. The number of carbonyl (C=O) groups is 1. The van der Waals surface area contributed by atoms with E-state index >= 15 is 0 Å². The molecule has 1 atom stereocenters. The average molecular weight is 265 g/mol. The van der Waals surface area contributed by atoms with Crippen LogP contribution >= 0.6 is 0 Å². The summed E-state index contributed by atoms with van der Waals surface area (Å²) in [7, 11) is 3.08. The summed E-state index contributed by atoms with van der Waals surface area (Å²) in [5.41, 5.74) is 2.29. The first kappa shape index (κ1) is 15.5. The maximum atomic E-state index is 11.4. The minimum atomic E-state index is -0.197. The Bertz CT molecular complexity index is 418. The standard InChI is InChI=1S/C15H23NO3/c1-5-16-13(10-15(17)19-4)9-12-8-11(2)6-7-14(12)18-3/h6-8,13,16H,5,9-10H2,1-4H3. The van der Waals surface area contributed by atoms with Crippen LogP contribution in [0, 0.1) is 6.92 Å². The van der Waals surface area contributed by atoms with Crippen molar-refractivity contribution >= 4 is 5.97 Å². The summed E-state index contributed by atoms with van der Waals surface area (Å²) in [5.74, 6) is 0.663. The lowest BCUT2D eigenvalue weighted by atomic mass is 10.0. The molecule has 0 saturated carbocycles. The van der Waals surface area contributed by atoms with Crippen LogP contribution in [0.5, 0.6) is 5.75 Å². The number of carbonyl (C=O) groups excluding carboxylic acids is 1. The van der Waals surface area contributed by atoms with Crippen LogP contribution in [0.4, 0.5) is 0 Å². The average Bonchev–Trinajstić information content (AvgIpc) is 2.39. The third-order valence-corrected chi connectivity index (χ3v) is 3.04. The molecule has 0 fully saturated rings. The fraction of sp³-hybridized carbons (Fsp3) is 0.533. The van der Waals surface area contributed by atoms with Gasteiger partial charge in [0.1, 0.15) is 5.75 Å². The Morgan fingerprint density at radius 2 is 2.11 bits per heavy atom. The van der Waals surface area contributed by atoms with E-state index in [9.17, 15) is 4.79 Å². The van der Waals surface area contributed by atoms with Gasteiger partial charge in [0.25, 0.3) is 0 Å². The first-order chi connectivity index (χ1) is 9.10. The van der Waals surface area contributed by atoms with Gasteiger partial charge in [0.05, 0.1) is 20.6 Å². The summed E-state index contributed by atoms with van der Waals surface area (Å²) in [4.78, 5) is 11.4. The van der Waals surface area contributed by atoms with Gasteiger partial charge in [-0.1, -0.05) is 24.6 Å². The van der Waals surface area contributed by atoms with Crippen molar-refractivity contribution in [3.05, 3.63) is 29.3 Å². The van der Waals surface area contributed by atoms with Crippen LogP contribution in [0.15, 0.2) is 18.2 Å². The van der Waals surface area contributed by atoms with Crippen molar-refractivity contribution in [2.45, 2.75) is 32.7 Å². The van der Waals surface area contributed by atoms with Crippen LogP contribution < -0.4 is 10.1 Å². The molecule has 0 aliphatic heterocycles. The number of nitrogens with one attached hydrogen (secondary N) is 1. The highest BCUT2D eigenvalue weighted by molar-refractivity contribution is 5.70. The van der Waals surface area contributed by atoms with Gasteiger partial charge in [-0.25, -0.2) is 0 Å². The Morgan fingerprint density at radius 1 is 1.37 bits per heavy atom. The van der Waals surface area contributed by atoms with Gasteiger partial charge in [-0.15, -0.1) is 0 Å². The Kier molecular flexibility index (Phi) is 6.36. The van der Waals surface area contributed by atoms with Gasteiger partial charge in [0, 0.05) is 6.04 Å². The molecule has 4 heteroatoms. The lowest BCUT2D eigenvalue weighted by molar-refractivity contribution is -0.141. The van der Waals surface area contributed by atoms with Crippen molar-refractivity contribution in [1.29, 1.82) is 0 Å². The molecule has 4 nitrogen and oxygen atoms in total. The lowest BCUT2D eigenvalue weighted by Gasteiger charge is -2.18. The molecule has 0 spiro atoms. The first-order valence-electron chi connectivity index (χ1n) is 6.54. The Labute approximate surface area is 115 Å². The van der Waals surface area contributed by atoms with Crippen molar-refractivity contribution < 1.29 is 14.3 Å². The summed E-state index contributed by atoms with van der Waals surface area (Å²) in [6.45, 7) is 4.89. The molecule has 0 amide bonds. The van der Waals surface area contributed by atoms with Crippen LogP contribution in [-0.2, 0) is 16.0 Å². The van der Waals surface area contributed by atoms with Crippen molar-refractivity contribution in [1.82, 2.24) is 5.32 Å². The first-order valence-corrected chi connectivity index (χ1v) is 6.54. The zero-order chi connectivity index (χ0) is 14.3. The van der Waals surface area contributed by atoms with Crippen molar-refractivity contribution in [2.75, 3.05) is 20.8 Å². The normalized spacial score (nSPS) is 12.0. The van der Waals surface area contributed by atoms with Gasteiger partial charge in [-0.05, 0) is 31.5 Å². The largest absolute Gasteiger partial charge is 0.496 e. The fourth-order valence-corrected chi connectivity index (χ4v) is 2.12. The lowest BCUT2D eigenvalue weighted by Crippen LogP contribution is -2.33. The fourth-order valence-electron chi connectivity index (χ4n) is 2.12. The van der Waals surface area contributed by atoms with Crippen LogP contribution in [0.3, 0.4) is 0 Å². The molecular formula is C15H23NO3. The van der Waals surface area contributed by atoms with Gasteiger partial charge < -0.3 is 14.8 Å². The summed E-state index contributed by atoms with van der Waals surface area (Å²) < 4.78 is 10.1. The monoisotopic (exact) mass is 265 g/mol. The van der Waals surface area contributed by atoms with E-state index in [1.54, 1.807) is 7.11 Å². The van der Waals surface area contributed by atoms with E-state index in [-0.39, 0.29) is 12.0 Å². The van der Waals surface area contributed by atoms with Gasteiger partial charge in [-0.3, -0.25) is 4.79 Å². The number of hydrogen-bond donors (Lipinski definition) is 1. The summed E-state index contributed by atoms with van der Waals surface area (Å²) in [5, 5.41) is 3.31. The van der Waals surface area contributed by atoms with E-state index in [0.29, 0.717) is 6.42 Å². The molecular weight excluding hydrogens is 242 g/mol. The second-order valence-corrected chi connectivity index (χ2v) is 4.55. The number of benzene rings is 1. The number of rotatable bonds is 7. The van der Waals surface area contributed by atoms with E-state index in [0.717, 1.165) is 24.3 Å². The smallest absolute Gasteiger partial charge is 0.307 e. The SMILES string of the molecule is CCNC(CC(=O)OC)Cc1cc(C)ccc1OC. The second kappa shape index (κ2) is 7.79. The number of aryl methyl sites for hydroxylation is 1. The third-order valence-electron chi connectivity index (χ3n) is 3.04. The summed E-state index contributed by atoms with van der Waals surface area (Å²) >= 11 is 0. The second-order valence-electron chi connectivity index (χ2n) is 4.55. The van der Waals surface area contributed by atoms with Crippen molar-refractivity contribution in [3.63, 3.8) is 0 Å². The number of methoxy groups -OCH3 is 2. The molecule has 19 heavy (non-hydrogen) atoms. The highest BCUT2D eigenvalue weighted by Gasteiger charge is 2.16. The minimum Gasteiger partial charge on any atom is -0.496 e. The van der Waals surface area contributed by atoms with E-state index in [2.05, 4.69) is 11.4 Å². The van der Waals surface area contributed by atoms with Gasteiger partial charge >= 0.3 is 5.97 Å². The van der Waals surface area contributed by atoms with Crippen LogP contribution in [-0.4, -0.2) is 32.8 Å². The molecule has 1 N–H and O–H groups in total. The highest BCUT2D eigenvalue weighted by Crippen LogP contribution is 2.21. The predicted octanol–water partition coefficient (Wildman–Crippen LogP) is 2.09. The van der Waals surface area contributed by atoms with E-state index in [4.69, 9.17) is 9.47 Å². The summed E-state index contributed by atoms with van der Waals surface area (Å²) in [6.07, 6.45) is 1.11. The Balaban J connectivity index is 2.82. The molecule has 0 aliphatic rings. The summed E-state index contributed by atoms with van der Waals surface area (Å²) in [6, 6.07) is 6.14. The molecule has 0 aliphatic carbocycles. The molecule has 0 radical (unpaired) electrons. The van der Waals surface area contributed by atoms with Crippen LogP contribution in [0.1, 0.15) is 24.5 Å². The van der Waals surface area contributed by atoms with Crippen LogP contribution in [0.2, 0.25) is 0 Å². The predicted molar refractivity (Wildman–Crippen MR) is 75.5 cm³/mol. The highest BCUT2D eigenvalue weighted by atomic mass is 16.5. The molecule has 0 heterocycles. The minimum absolute atomic E-state index is 0.0631.